The Balaban J connectivity index is 1.72. The Bertz CT molecular complexity index is 774. The van der Waals surface area contributed by atoms with E-state index in [1.807, 2.05) is 6.20 Å². The minimum atomic E-state index is -0.524. The molecule has 3 rings (SSSR count). The second kappa shape index (κ2) is 6.12. The highest BCUT2D eigenvalue weighted by molar-refractivity contribution is 6.30. The van der Waals surface area contributed by atoms with Crippen molar-refractivity contribution in [3.63, 3.8) is 0 Å². The van der Waals surface area contributed by atoms with Crippen molar-refractivity contribution >= 4 is 23.4 Å². The van der Waals surface area contributed by atoms with Crippen LogP contribution in [0, 0.1) is 11.7 Å². The van der Waals surface area contributed by atoms with E-state index in [0.29, 0.717) is 12.0 Å². The molecule has 2 heterocycles. The standard InChI is InChI=1S/C16H15ClFN3O2/c1-20-8-11(7-19-20)4-12-6-15(22)21(16(12)23)9-10-2-3-14(18)13(17)5-10/h2-3,5,7-8,12H,4,6,9H2,1H3. The topological polar surface area (TPSA) is 55.2 Å². The van der Waals surface area contributed by atoms with Gasteiger partial charge >= 0.3 is 0 Å². The molecule has 0 N–H and O–H groups in total. The van der Waals surface area contributed by atoms with Crippen molar-refractivity contribution in [2.24, 2.45) is 13.0 Å². The molecule has 2 amide bonds. The second-order valence-corrected chi connectivity index (χ2v) is 6.10. The van der Waals surface area contributed by atoms with Gasteiger partial charge < -0.3 is 0 Å². The van der Waals surface area contributed by atoms with Crippen LogP contribution >= 0.6 is 11.6 Å². The molecule has 1 aromatic carbocycles. The number of nitrogens with zero attached hydrogens (tertiary/aromatic N) is 3. The summed E-state index contributed by atoms with van der Waals surface area (Å²) in [5.41, 5.74) is 1.55. The lowest BCUT2D eigenvalue weighted by atomic mass is 10.0. The molecule has 0 bridgehead atoms. The van der Waals surface area contributed by atoms with Crippen molar-refractivity contribution in [3.05, 3.63) is 52.6 Å². The zero-order valence-electron chi connectivity index (χ0n) is 12.5. The van der Waals surface area contributed by atoms with Gasteiger partial charge in [-0.3, -0.25) is 19.2 Å². The molecule has 1 aromatic heterocycles. The van der Waals surface area contributed by atoms with Crippen LogP contribution in [0.25, 0.3) is 0 Å². The molecule has 5 nitrogen and oxygen atoms in total. The summed E-state index contributed by atoms with van der Waals surface area (Å²) in [7, 11) is 1.80. The minimum absolute atomic E-state index is 0.0199. The van der Waals surface area contributed by atoms with E-state index in [2.05, 4.69) is 5.10 Å². The van der Waals surface area contributed by atoms with Crippen molar-refractivity contribution < 1.29 is 14.0 Å². The lowest BCUT2D eigenvalue weighted by molar-refractivity contribution is -0.140. The summed E-state index contributed by atoms with van der Waals surface area (Å²) in [5.74, 6) is -1.32. The third kappa shape index (κ3) is 3.27. The van der Waals surface area contributed by atoms with Gasteiger partial charge in [0.05, 0.1) is 23.7 Å². The van der Waals surface area contributed by atoms with Gasteiger partial charge in [0, 0.05) is 19.7 Å². The van der Waals surface area contributed by atoms with E-state index >= 15 is 0 Å². The largest absolute Gasteiger partial charge is 0.278 e. The fourth-order valence-corrected chi connectivity index (χ4v) is 2.96. The molecule has 0 aliphatic carbocycles. The lowest BCUT2D eigenvalue weighted by Gasteiger charge is -2.15. The molecule has 1 saturated heterocycles. The monoisotopic (exact) mass is 335 g/mol. The molecule has 1 atom stereocenters. The van der Waals surface area contributed by atoms with Crippen LogP contribution in [0.15, 0.2) is 30.6 Å². The number of rotatable bonds is 4. The molecule has 1 fully saturated rings. The van der Waals surface area contributed by atoms with Crippen molar-refractivity contribution in [3.8, 4) is 0 Å². The predicted molar refractivity (Wildman–Crippen MR) is 82.0 cm³/mol. The van der Waals surface area contributed by atoms with Crippen LogP contribution in [0.2, 0.25) is 5.02 Å². The highest BCUT2D eigenvalue weighted by Gasteiger charge is 2.38. The number of hydrogen-bond donors (Lipinski definition) is 0. The molecule has 1 aliphatic heterocycles. The first-order valence-electron chi connectivity index (χ1n) is 7.19. The SMILES string of the molecule is Cn1cc(CC2CC(=O)N(Cc3ccc(F)c(Cl)c3)C2=O)cn1. The van der Waals surface area contributed by atoms with Gasteiger partial charge in [0.15, 0.2) is 0 Å². The molecule has 0 radical (unpaired) electrons. The number of halogens is 2. The number of aromatic nitrogens is 2. The summed E-state index contributed by atoms with van der Waals surface area (Å²) in [6, 6.07) is 4.19. The van der Waals surface area contributed by atoms with Crippen LogP contribution < -0.4 is 0 Å². The Labute approximate surface area is 137 Å². The summed E-state index contributed by atoms with van der Waals surface area (Å²) in [4.78, 5) is 25.8. The highest BCUT2D eigenvalue weighted by Crippen LogP contribution is 2.26. The molecule has 23 heavy (non-hydrogen) atoms. The maximum Gasteiger partial charge on any atom is 0.233 e. The summed E-state index contributed by atoms with van der Waals surface area (Å²) in [6.07, 6.45) is 4.20. The van der Waals surface area contributed by atoms with Crippen LogP contribution in [0.4, 0.5) is 4.39 Å². The van der Waals surface area contributed by atoms with Crippen molar-refractivity contribution in [1.29, 1.82) is 0 Å². The van der Waals surface area contributed by atoms with Gasteiger partial charge in [0.1, 0.15) is 5.82 Å². The summed E-state index contributed by atoms with van der Waals surface area (Å²) >= 11 is 5.74. The first-order valence-corrected chi connectivity index (χ1v) is 7.57. The van der Waals surface area contributed by atoms with Crippen LogP contribution in [0.3, 0.4) is 0 Å². The zero-order valence-corrected chi connectivity index (χ0v) is 13.3. The van der Waals surface area contributed by atoms with E-state index < -0.39 is 5.82 Å². The normalized spacial score (nSPS) is 18.0. The maximum atomic E-state index is 13.2. The summed E-state index contributed by atoms with van der Waals surface area (Å²) < 4.78 is 14.8. The van der Waals surface area contributed by atoms with Crippen molar-refractivity contribution in [1.82, 2.24) is 14.7 Å². The van der Waals surface area contributed by atoms with Crippen molar-refractivity contribution in [2.45, 2.75) is 19.4 Å². The number of carbonyl (C=O) groups is 2. The fourth-order valence-electron chi connectivity index (χ4n) is 2.76. The number of likely N-dealkylation sites (tertiary alicyclic amines) is 1. The number of carbonyl (C=O) groups excluding carboxylic acids is 2. The molecule has 7 heteroatoms. The average Bonchev–Trinajstić information content (AvgIpc) is 3.02. The number of aryl methyl sites for hydroxylation is 1. The second-order valence-electron chi connectivity index (χ2n) is 5.69. The Kier molecular flexibility index (Phi) is 4.17. The number of amides is 2. The van der Waals surface area contributed by atoms with E-state index in [-0.39, 0.29) is 35.7 Å². The first-order chi connectivity index (χ1) is 10.9. The quantitative estimate of drug-likeness (QED) is 0.806. The van der Waals surface area contributed by atoms with Crippen LogP contribution in [-0.2, 0) is 29.6 Å². The minimum Gasteiger partial charge on any atom is -0.278 e. The number of imide groups is 1. The first kappa shape index (κ1) is 15.7. The molecule has 0 saturated carbocycles. The summed E-state index contributed by atoms with van der Waals surface area (Å²) in [5, 5.41) is 4.04. The molecule has 1 unspecified atom stereocenters. The fraction of sp³-hybridized carbons (Fsp3) is 0.312. The molecule has 1 aliphatic rings. The summed E-state index contributed by atoms with van der Waals surface area (Å²) in [6.45, 7) is 0.112. The number of benzene rings is 1. The third-order valence-corrected chi connectivity index (χ3v) is 4.19. The van der Waals surface area contributed by atoms with Gasteiger partial charge in [-0.05, 0) is 29.7 Å². The van der Waals surface area contributed by atoms with E-state index in [9.17, 15) is 14.0 Å². The third-order valence-electron chi connectivity index (χ3n) is 3.90. The Morgan fingerprint density at radius 3 is 2.78 bits per heavy atom. The predicted octanol–water partition coefficient (Wildman–Crippen LogP) is 2.33. The van der Waals surface area contributed by atoms with E-state index in [4.69, 9.17) is 11.6 Å². The van der Waals surface area contributed by atoms with Gasteiger partial charge in [0.2, 0.25) is 11.8 Å². The molecular weight excluding hydrogens is 321 g/mol. The van der Waals surface area contributed by atoms with Gasteiger partial charge in [-0.25, -0.2) is 4.39 Å². The van der Waals surface area contributed by atoms with Crippen LogP contribution in [0.5, 0.6) is 0 Å². The van der Waals surface area contributed by atoms with Gasteiger partial charge in [-0.1, -0.05) is 17.7 Å². The van der Waals surface area contributed by atoms with Crippen LogP contribution in [0.1, 0.15) is 17.5 Å². The molecule has 120 valence electrons. The average molecular weight is 336 g/mol. The number of hydrogen-bond acceptors (Lipinski definition) is 3. The maximum absolute atomic E-state index is 13.2. The highest BCUT2D eigenvalue weighted by atomic mass is 35.5. The smallest absolute Gasteiger partial charge is 0.233 e. The Hall–Kier alpha value is -2.21. The van der Waals surface area contributed by atoms with E-state index in [0.717, 1.165) is 5.56 Å². The van der Waals surface area contributed by atoms with E-state index in [1.54, 1.807) is 17.9 Å². The van der Waals surface area contributed by atoms with Crippen LogP contribution in [-0.4, -0.2) is 26.5 Å². The van der Waals surface area contributed by atoms with Crippen molar-refractivity contribution in [2.75, 3.05) is 0 Å². The molecular formula is C16H15ClFN3O2. The van der Waals surface area contributed by atoms with Gasteiger partial charge in [-0.2, -0.15) is 5.10 Å². The lowest BCUT2D eigenvalue weighted by Crippen LogP contribution is -2.30. The Morgan fingerprint density at radius 1 is 1.35 bits per heavy atom. The van der Waals surface area contributed by atoms with E-state index in [1.165, 1.54) is 23.1 Å². The molecule has 0 spiro atoms. The molecule has 2 aromatic rings. The zero-order chi connectivity index (χ0) is 16.6. The van der Waals surface area contributed by atoms with Gasteiger partial charge in [-0.15, -0.1) is 0 Å². The Morgan fingerprint density at radius 2 is 2.13 bits per heavy atom. The van der Waals surface area contributed by atoms with Gasteiger partial charge in [0.25, 0.3) is 0 Å².